The summed E-state index contributed by atoms with van der Waals surface area (Å²) in [5.74, 6) is -0.567. The molecule has 146 valence electrons. The highest BCUT2D eigenvalue weighted by atomic mass is 16.3. The molecule has 0 aromatic heterocycles. The van der Waals surface area contributed by atoms with E-state index in [1.807, 2.05) is 0 Å². The van der Waals surface area contributed by atoms with E-state index in [2.05, 4.69) is 5.32 Å². The van der Waals surface area contributed by atoms with E-state index < -0.39 is 6.03 Å². The molecule has 0 atom stereocenters. The third-order valence-corrected chi connectivity index (χ3v) is 5.14. The maximum absolute atomic E-state index is 12.8. The molecule has 8 nitrogen and oxygen atoms in total. The molecule has 8 heteroatoms. The van der Waals surface area contributed by atoms with Crippen molar-refractivity contribution >= 4 is 23.5 Å². The summed E-state index contributed by atoms with van der Waals surface area (Å²) in [6, 6.07) is 4.14. The normalized spacial score (nSPS) is 17.2. The molecule has 1 heterocycles. The molecule has 1 aliphatic carbocycles. The SMILES string of the molecule is O=C(Nc1ccc2c(c1)C(=O)N(C1CCCCC1)C2=O)N(CCO)CCO. The van der Waals surface area contributed by atoms with Crippen molar-refractivity contribution in [1.82, 2.24) is 9.80 Å². The van der Waals surface area contributed by atoms with Crippen molar-refractivity contribution in [3.05, 3.63) is 29.3 Å². The van der Waals surface area contributed by atoms with E-state index in [9.17, 15) is 14.4 Å². The zero-order valence-corrected chi connectivity index (χ0v) is 15.2. The second-order valence-corrected chi connectivity index (χ2v) is 6.90. The van der Waals surface area contributed by atoms with Gasteiger partial charge in [-0.05, 0) is 31.0 Å². The van der Waals surface area contributed by atoms with Gasteiger partial charge in [0, 0.05) is 24.8 Å². The number of anilines is 1. The van der Waals surface area contributed by atoms with Crippen LogP contribution in [0.15, 0.2) is 18.2 Å². The molecular formula is C19H25N3O5. The first kappa shape index (κ1) is 19.3. The molecule has 4 amide bonds. The van der Waals surface area contributed by atoms with Crippen molar-refractivity contribution in [2.45, 2.75) is 38.1 Å². The number of carbonyl (C=O) groups excluding carboxylic acids is 3. The van der Waals surface area contributed by atoms with Gasteiger partial charge in [0.2, 0.25) is 0 Å². The standard InChI is InChI=1S/C19H25N3O5/c23-10-8-21(9-11-24)19(27)20-13-6-7-15-16(12-13)18(26)22(17(15)25)14-4-2-1-3-5-14/h6-7,12,14,23-24H,1-5,8-11H2,(H,20,27). The molecule has 1 saturated carbocycles. The van der Waals surface area contributed by atoms with Gasteiger partial charge in [-0.2, -0.15) is 0 Å². The van der Waals surface area contributed by atoms with Gasteiger partial charge in [0.1, 0.15) is 0 Å². The lowest BCUT2D eigenvalue weighted by atomic mass is 9.94. The van der Waals surface area contributed by atoms with E-state index in [0.717, 1.165) is 32.1 Å². The number of rotatable bonds is 6. The third-order valence-electron chi connectivity index (χ3n) is 5.14. The largest absolute Gasteiger partial charge is 0.395 e. The van der Waals surface area contributed by atoms with Crippen molar-refractivity contribution in [3.63, 3.8) is 0 Å². The number of hydrogen-bond acceptors (Lipinski definition) is 5. The number of carbonyl (C=O) groups is 3. The van der Waals surface area contributed by atoms with Crippen molar-refractivity contribution in [1.29, 1.82) is 0 Å². The molecule has 2 aliphatic rings. The van der Waals surface area contributed by atoms with Crippen molar-refractivity contribution in [2.24, 2.45) is 0 Å². The zero-order chi connectivity index (χ0) is 19.4. The summed E-state index contributed by atoms with van der Waals surface area (Å²) in [7, 11) is 0. The summed E-state index contributed by atoms with van der Waals surface area (Å²) in [4.78, 5) is 40.4. The molecule has 0 bridgehead atoms. The number of imide groups is 1. The van der Waals surface area contributed by atoms with Crippen LogP contribution in [0, 0.1) is 0 Å². The van der Waals surface area contributed by atoms with Crippen LogP contribution in [0.1, 0.15) is 52.8 Å². The number of nitrogens with zero attached hydrogens (tertiary/aromatic N) is 2. The highest BCUT2D eigenvalue weighted by molar-refractivity contribution is 6.22. The molecule has 27 heavy (non-hydrogen) atoms. The Kier molecular flexibility index (Phi) is 6.08. The van der Waals surface area contributed by atoms with Crippen LogP contribution >= 0.6 is 0 Å². The van der Waals surface area contributed by atoms with Gasteiger partial charge >= 0.3 is 6.03 Å². The Morgan fingerprint density at radius 3 is 2.30 bits per heavy atom. The molecular weight excluding hydrogens is 350 g/mol. The first-order valence-corrected chi connectivity index (χ1v) is 9.36. The van der Waals surface area contributed by atoms with Crippen LogP contribution in [0.2, 0.25) is 0 Å². The van der Waals surface area contributed by atoms with Crippen LogP contribution in [-0.4, -0.2) is 70.2 Å². The summed E-state index contributed by atoms with van der Waals surface area (Å²) in [5, 5.41) is 20.7. The van der Waals surface area contributed by atoms with Gasteiger partial charge in [-0.15, -0.1) is 0 Å². The Bertz CT molecular complexity index is 724. The second-order valence-electron chi connectivity index (χ2n) is 6.90. The predicted octanol–water partition coefficient (Wildman–Crippen LogP) is 1.43. The van der Waals surface area contributed by atoms with Crippen LogP contribution in [0.3, 0.4) is 0 Å². The molecule has 0 saturated heterocycles. The maximum atomic E-state index is 12.8. The lowest BCUT2D eigenvalue weighted by Crippen LogP contribution is -2.40. The summed E-state index contributed by atoms with van der Waals surface area (Å²) in [6.45, 7) is -0.268. The molecule has 1 aromatic carbocycles. The number of hydrogen-bond donors (Lipinski definition) is 3. The van der Waals surface area contributed by atoms with E-state index in [0.29, 0.717) is 16.8 Å². The van der Waals surface area contributed by atoms with Crippen LogP contribution in [-0.2, 0) is 0 Å². The number of aliphatic hydroxyl groups is 2. The highest BCUT2D eigenvalue weighted by Gasteiger charge is 2.40. The van der Waals surface area contributed by atoms with Gasteiger partial charge < -0.3 is 20.4 Å². The lowest BCUT2D eigenvalue weighted by molar-refractivity contribution is 0.0549. The van der Waals surface area contributed by atoms with Crippen LogP contribution in [0.5, 0.6) is 0 Å². The van der Waals surface area contributed by atoms with E-state index in [1.165, 1.54) is 15.9 Å². The molecule has 0 radical (unpaired) electrons. The summed E-state index contributed by atoms with van der Waals surface area (Å²) in [5.41, 5.74) is 1.07. The number of nitrogens with one attached hydrogen (secondary N) is 1. The van der Waals surface area contributed by atoms with E-state index in [4.69, 9.17) is 10.2 Å². The first-order chi connectivity index (χ1) is 13.1. The van der Waals surface area contributed by atoms with Gasteiger partial charge in [-0.1, -0.05) is 19.3 Å². The Hall–Kier alpha value is -2.45. The quantitative estimate of drug-likeness (QED) is 0.652. The molecule has 0 spiro atoms. The fourth-order valence-corrected chi connectivity index (χ4v) is 3.77. The van der Waals surface area contributed by atoms with E-state index >= 15 is 0 Å². The second kappa shape index (κ2) is 8.49. The Morgan fingerprint density at radius 1 is 1.04 bits per heavy atom. The number of aliphatic hydroxyl groups excluding tert-OH is 2. The average Bonchev–Trinajstić information content (AvgIpc) is 2.92. The minimum atomic E-state index is -0.487. The molecule has 3 rings (SSSR count). The highest BCUT2D eigenvalue weighted by Crippen LogP contribution is 2.32. The average molecular weight is 375 g/mol. The van der Waals surface area contributed by atoms with Crippen molar-refractivity contribution in [3.8, 4) is 0 Å². The van der Waals surface area contributed by atoms with Crippen LogP contribution < -0.4 is 5.32 Å². The van der Waals surface area contributed by atoms with Crippen molar-refractivity contribution < 1.29 is 24.6 Å². The fraction of sp³-hybridized carbons (Fsp3) is 0.526. The topological polar surface area (TPSA) is 110 Å². The van der Waals surface area contributed by atoms with Gasteiger partial charge in [0.15, 0.2) is 0 Å². The van der Waals surface area contributed by atoms with E-state index in [1.54, 1.807) is 12.1 Å². The molecule has 0 unspecified atom stereocenters. The van der Waals surface area contributed by atoms with Gasteiger partial charge in [0.25, 0.3) is 11.8 Å². The summed E-state index contributed by atoms with van der Waals surface area (Å²) >= 11 is 0. The van der Waals surface area contributed by atoms with Crippen LogP contribution in [0.4, 0.5) is 10.5 Å². The number of fused-ring (bicyclic) bond motifs is 1. The Labute approximate surface area is 157 Å². The molecule has 1 aliphatic heterocycles. The van der Waals surface area contributed by atoms with Crippen molar-refractivity contribution in [2.75, 3.05) is 31.6 Å². The predicted molar refractivity (Wildman–Crippen MR) is 98.6 cm³/mol. The van der Waals surface area contributed by atoms with Gasteiger partial charge in [-0.25, -0.2) is 4.79 Å². The molecule has 1 fully saturated rings. The fourth-order valence-electron chi connectivity index (χ4n) is 3.77. The zero-order valence-electron chi connectivity index (χ0n) is 15.2. The lowest BCUT2D eigenvalue weighted by Gasteiger charge is -2.29. The van der Waals surface area contributed by atoms with E-state index in [-0.39, 0.29) is 44.2 Å². The Morgan fingerprint density at radius 2 is 1.67 bits per heavy atom. The minimum Gasteiger partial charge on any atom is -0.395 e. The number of benzene rings is 1. The number of urea groups is 1. The number of amides is 4. The molecule has 1 aromatic rings. The summed E-state index contributed by atoms with van der Waals surface area (Å²) in [6.07, 6.45) is 4.85. The third kappa shape index (κ3) is 3.96. The van der Waals surface area contributed by atoms with Gasteiger partial charge in [0.05, 0.1) is 24.3 Å². The Balaban J connectivity index is 1.76. The molecule has 3 N–H and O–H groups in total. The first-order valence-electron chi connectivity index (χ1n) is 9.36. The smallest absolute Gasteiger partial charge is 0.321 e. The minimum absolute atomic E-state index is 0.0474. The maximum Gasteiger partial charge on any atom is 0.321 e. The summed E-state index contributed by atoms with van der Waals surface area (Å²) < 4.78 is 0. The van der Waals surface area contributed by atoms with Crippen LogP contribution in [0.25, 0.3) is 0 Å². The van der Waals surface area contributed by atoms with Gasteiger partial charge in [-0.3, -0.25) is 14.5 Å². The monoisotopic (exact) mass is 375 g/mol.